The highest BCUT2D eigenvalue weighted by atomic mass is 16.2. The first-order chi connectivity index (χ1) is 10.8. The van der Waals surface area contributed by atoms with Crippen LogP contribution in [0, 0.1) is 19.8 Å². The van der Waals surface area contributed by atoms with Crippen LogP contribution < -0.4 is 5.32 Å². The number of hydrogen-bond donors (Lipinski definition) is 2. The van der Waals surface area contributed by atoms with Crippen LogP contribution in [-0.2, 0) is 4.79 Å². The molecule has 2 N–H and O–H groups in total. The number of carbonyl (C=O) groups is 3. The lowest BCUT2D eigenvalue weighted by Gasteiger charge is -2.36. The zero-order valence-electron chi connectivity index (χ0n) is 13.9. The number of imide groups is 1. The molecule has 1 spiro atoms. The van der Waals surface area contributed by atoms with Crippen LogP contribution in [0.25, 0.3) is 0 Å². The lowest BCUT2D eigenvalue weighted by Crippen LogP contribution is -2.54. The van der Waals surface area contributed by atoms with Gasteiger partial charge in [0.2, 0.25) is 0 Å². The van der Waals surface area contributed by atoms with Gasteiger partial charge in [-0.15, -0.1) is 0 Å². The Hall–Kier alpha value is -2.11. The largest absolute Gasteiger partial charge is 0.362 e. The van der Waals surface area contributed by atoms with Crippen LogP contribution in [0.15, 0.2) is 6.07 Å². The summed E-state index contributed by atoms with van der Waals surface area (Å²) in [5.41, 5.74) is 1.39. The van der Waals surface area contributed by atoms with Crippen LogP contribution in [0.3, 0.4) is 0 Å². The molecular weight excluding hydrogens is 294 g/mol. The van der Waals surface area contributed by atoms with Crippen LogP contribution in [0.1, 0.15) is 54.4 Å². The SMILES string of the molecule is Cc1cc(C(=O)CN2C(=O)N[C@]3(CCCC[C@@H]3C)C2=O)c(C)[nH]1. The van der Waals surface area contributed by atoms with Crippen LogP contribution in [0.5, 0.6) is 0 Å². The number of aromatic nitrogens is 1. The van der Waals surface area contributed by atoms with E-state index >= 15 is 0 Å². The van der Waals surface area contributed by atoms with Crippen molar-refractivity contribution in [2.75, 3.05) is 6.54 Å². The highest BCUT2D eigenvalue weighted by Gasteiger charge is 2.55. The number of aromatic amines is 1. The first-order valence-corrected chi connectivity index (χ1v) is 8.18. The zero-order chi connectivity index (χ0) is 16.8. The van der Waals surface area contributed by atoms with Gasteiger partial charge in [-0.3, -0.25) is 14.5 Å². The third-order valence-corrected chi connectivity index (χ3v) is 5.25. The molecule has 2 heterocycles. The number of urea groups is 1. The molecule has 6 nitrogen and oxygen atoms in total. The monoisotopic (exact) mass is 317 g/mol. The van der Waals surface area contributed by atoms with Gasteiger partial charge in [-0.05, 0) is 38.7 Å². The molecule has 0 aromatic carbocycles. The molecule has 1 saturated heterocycles. The summed E-state index contributed by atoms with van der Waals surface area (Å²) >= 11 is 0. The normalized spacial score (nSPS) is 27.6. The average molecular weight is 317 g/mol. The van der Waals surface area contributed by atoms with Crippen molar-refractivity contribution in [1.29, 1.82) is 0 Å². The molecule has 3 amide bonds. The molecule has 1 aromatic heterocycles. The van der Waals surface area contributed by atoms with E-state index in [9.17, 15) is 14.4 Å². The van der Waals surface area contributed by atoms with E-state index < -0.39 is 11.6 Å². The van der Waals surface area contributed by atoms with Crippen LogP contribution in [0.4, 0.5) is 4.79 Å². The Bertz CT molecular complexity index is 679. The molecule has 23 heavy (non-hydrogen) atoms. The van der Waals surface area contributed by atoms with Crippen molar-refractivity contribution in [2.24, 2.45) is 5.92 Å². The molecule has 1 saturated carbocycles. The molecule has 1 aliphatic carbocycles. The van der Waals surface area contributed by atoms with E-state index in [1.807, 2.05) is 20.8 Å². The van der Waals surface area contributed by atoms with E-state index in [1.54, 1.807) is 6.07 Å². The van der Waals surface area contributed by atoms with E-state index in [0.29, 0.717) is 12.0 Å². The number of aryl methyl sites for hydroxylation is 2. The Morgan fingerprint density at radius 3 is 2.70 bits per heavy atom. The number of nitrogens with one attached hydrogen (secondary N) is 2. The van der Waals surface area contributed by atoms with Crippen molar-refractivity contribution in [2.45, 2.75) is 52.0 Å². The molecule has 2 atom stereocenters. The molecule has 124 valence electrons. The fourth-order valence-electron chi connectivity index (χ4n) is 3.88. The minimum atomic E-state index is -0.807. The van der Waals surface area contributed by atoms with E-state index in [-0.39, 0.29) is 24.2 Å². The third kappa shape index (κ3) is 2.46. The van der Waals surface area contributed by atoms with Gasteiger partial charge >= 0.3 is 6.03 Å². The third-order valence-electron chi connectivity index (χ3n) is 5.25. The lowest BCUT2D eigenvalue weighted by atomic mass is 9.73. The number of amides is 3. The summed E-state index contributed by atoms with van der Waals surface area (Å²) in [7, 11) is 0. The fourth-order valence-corrected chi connectivity index (χ4v) is 3.88. The van der Waals surface area contributed by atoms with Gasteiger partial charge < -0.3 is 10.3 Å². The number of Topliss-reactive ketones (excluding diaryl/α,β-unsaturated/α-hetero) is 1. The highest BCUT2D eigenvalue weighted by molar-refractivity contribution is 6.11. The summed E-state index contributed by atoms with van der Waals surface area (Å²) in [6.07, 6.45) is 3.58. The quantitative estimate of drug-likeness (QED) is 0.663. The smallest absolute Gasteiger partial charge is 0.325 e. The second-order valence-electron chi connectivity index (χ2n) is 6.85. The average Bonchev–Trinajstić information content (AvgIpc) is 2.95. The predicted molar refractivity (Wildman–Crippen MR) is 85.2 cm³/mol. The van der Waals surface area contributed by atoms with Crippen molar-refractivity contribution < 1.29 is 14.4 Å². The Balaban J connectivity index is 1.81. The minimum Gasteiger partial charge on any atom is -0.362 e. The van der Waals surface area contributed by atoms with Crippen LogP contribution in [-0.4, -0.2) is 39.7 Å². The maximum Gasteiger partial charge on any atom is 0.325 e. The topological polar surface area (TPSA) is 82.3 Å². The molecule has 2 fully saturated rings. The van der Waals surface area contributed by atoms with E-state index in [0.717, 1.165) is 35.6 Å². The van der Waals surface area contributed by atoms with Gasteiger partial charge in [0.1, 0.15) is 5.54 Å². The first-order valence-electron chi connectivity index (χ1n) is 8.18. The molecule has 0 unspecified atom stereocenters. The molecule has 3 rings (SSSR count). The first kappa shape index (κ1) is 15.8. The second kappa shape index (κ2) is 5.51. The molecule has 1 aromatic rings. The Labute approximate surface area is 135 Å². The summed E-state index contributed by atoms with van der Waals surface area (Å²) in [6, 6.07) is 1.32. The van der Waals surface area contributed by atoms with Crippen molar-refractivity contribution >= 4 is 17.7 Å². The zero-order valence-corrected chi connectivity index (χ0v) is 13.9. The molecule has 0 bridgehead atoms. The standard InChI is InChI=1S/C17H23N3O3/c1-10-6-4-5-7-17(10)15(22)20(16(23)19-17)9-14(21)13-8-11(2)18-12(13)3/h8,10,18H,4-7,9H2,1-3H3,(H,19,23)/t10-,17-/m0/s1. The minimum absolute atomic E-state index is 0.101. The molecule has 6 heteroatoms. The van der Waals surface area contributed by atoms with Crippen molar-refractivity contribution in [1.82, 2.24) is 15.2 Å². The van der Waals surface area contributed by atoms with E-state index in [1.165, 1.54) is 0 Å². The van der Waals surface area contributed by atoms with E-state index in [4.69, 9.17) is 0 Å². The van der Waals surface area contributed by atoms with Crippen LogP contribution >= 0.6 is 0 Å². The van der Waals surface area contributed by atoms with Gasteiger partial charge in [0.15, 0.2) is 5.78 Å². The number of rotatable bonds is 3. The van der Waals surface area contributed by atoms with Crippen LogP contribution in [0.2, 0.25) is 0 Å². The fraction of sp³-hybridized carbons (Fsp3) is 0.588. The number of hydrogen-bond acceptors (Lipinski definition) is 3. The predicted octanol–water partition coefficient (Wildman–Crippen LogP) is 2.31. The summed E-state index contributed by atoms with van der Waals surface area (Å²) in [6.45, 7) is 5.49. The van der Waals surface area contributed by atoms with Crippen molar-refractivity contribution in [3.05, 3.63) is 23.0 Å². The maximum absolute atomic E-state index is 12.8. The highest BCUT2D eigenvalue weighted by Crippen LogP contribution is 2.38. The van der Waals surface area contributed by atoms with Crippen molar-refractivity contribution in [3.8, 4) is 0 Å². The number of ketones is 1. The van der Waals surface area contributed by atoms with Gasteiger partial charge in [0.05, 0.1) is 6.54 Å². The molecule has 2 aliphatic rings. The lowest BCUT2D eigenvalue weighted by molar-refractivity contribution is -0.133. The maximum atomic E-state index is 12.8. The number of carbonyl (C=O) groups excluding carboxylic acids is 3. The van der Waals surface area contributed by atoms with Crippen molar-refractivity contribution in [3.63, 3.8) is 0 Å². The van der Waals surface area contributed by atoms with Gasteiger partial charge in [-0.1, -0.05) is 19.8 Å². The van der Waals surface area contributed by atoms with Gasteiger partial charge in [-0.25, -0.2) is 4.79 Å². The summed E-state index contributed by atoms with van der Waals surface area (Å²) < 4.78 is 0. The Kier molecular flexibility index (Phi) is 3.78. The summed E-state index contributed by atoms with van der Waals surface area (Å²) in [5, 5.41) is 2.87. The van der Waals surface area contributed by atoms with E-state index in [2.05, 4.69) is 10.3 Å². The van der Waals surface area contributed by atoms with Gasteiger partial charge in [0.25, 0.3) is 5.91 Å². The molecular formula is C17H23N3O3. The molecule has 1 aliphatic heterocycles. The Morgan fingerprint density at radius 1 is 1.35 bits per heavy atom. The molecule has 0 radical (unpaired) electrons. The Morgan fingerprint density at radius 2 is 2.09 bits per heavy atom. The summed E-state index contributed by atoms with van der Waals surface area (Å²) in [5.74, 6) is -0.354. The summed E-state index contributed by atoms with van der Waals surface area (Å²) in [4.78, 5) is 41.8. The number of nitrogens with zero attached hydrogens (tertiary/aromatic N) is 1. The second-order valence-corrected chi connectivity index (χ2v) is 6.85. The van der Waals surface area contributed by atoms with Gasteiger partial charge in [-0.2, -0.15) is 0 Å². The van der Waals surface area contributed by atoms with Gasteiger partial charge in [0, 0.05) is 17.0 Å². The number of H-pyrrole nitrogens is 1.